The Balaban J connectivity index is 1.98. The first kappa shape index (κ1) is 18.9. The van der Waals surface area contributed by atoms with Gasteiger partial charge in [-0.15, -0.1) is 0 Å². The second-order valence-electron chi connectivity index (χ2n) is 5.70. The maximum Gasteiger partial charge on any atom is 0.275 e. The van der Waals surface area contributed by atoms with Crippen molar-refractivity contribution >= 4 is 16.8 Å². The summed E-state index contributed by atoms with van der Waals surface area (Å²) in [4.78, 5) is 16.5. The van der Waals surface area contributed by atoms with E-state index in [0.717, 1.165) is 11.1 Å². The van der Waals surface area contributed by atoms with E-state index in [0.29, 0.717) is 27.7 Å². The Hall–Kier alpha value is -3.91. The topological polar surface area (TPSA) is 109 Å². The highest BCUT2D eigenvalue weighted by Gasteiger charge is 2.15. The molecule has 0 atom stereocenters. The standard InChI is InChI=1S/C21H15N3O4/c25-12-4-2-1-3-5-15-6-8-16(9-7-15)20-13-17(21(26)23-27)18-14-24(28)11-10-19(18)22-20/h6-11,13-14,25,27H,4,12H2,(H,23,26). The Morgan fingerprint density at radius 2 is 2.00 bits per heavy atom. The Labute approximate surface area is 160 Å². The van der Waals surface area contributed by atoms with Gasteiger partial charge in [-0.05, 0) is 30.0 Å². The van der Waals surface area contributed by atoms with Crippen LogP contribution in [0, 0.1) is 28.9 Å². The summed E-state index contributed by atoms with van der Waals surface area (Å²) >= 11 is 0. The monoisotopic (exact) mass is 373 g/mol. The van der Waals surface area contributed by atoms with Crippen LogP contribution in [0.2, 0.25) is 0 Å². The van der Waals surface area contributed by atoms with Gasteiger partial charge in [-0.1, -0.05) is 24.0 Å². The number of hydrogen-bond acceptors (Lipinski definition) is 5. The summed E-state index contributed by atoms with van der Waals surface area (Å²) in [6.07, 6.45) is 2.90. The third kappa shape index (κ3) is 4.25. The fraction of sp³-hybridized carbons (Fsp3) is 0.0952. The molecule has 3 rings (SSSR count). The van der Waals surface area contributed by atoms with Crippen molar-refractivity contribution in [2.75, 3.05) is 6.61 Å². The lowest BCUT2D eigenvalue weighted by Gasteiger charge is -2.08. The molecular weight excluding hydrogens is 358 g/mol. The SMILES string of the molecule is O=C(NO)c1cc(-c2ccc(C#CC#CCCO)cc2)nc2cc[n+]([O-])cc12. The lowest BCUT2D eigenvalue weighted by Crippen LogP contribution is -2.25. The van der Waals surface area contributed by atoms with Crippen LogP contribution in [0.15, 0.2) is 48.8 Å². The smallest absolute Gasteiger partial charge is 0.275 e. The van der Waals surface area contributed by atoms with E-state index in [4.69, 9.17) is 10.3 Å². The molecule has 2 heterocycles. The molecule has 1 aromatic carbocycles. The summed E-state index contributed by atoms with van der Waals surface area (Å²) in [7, 11) is 0. The van der Waals surface area contributed by atoms with Crippen LogP contribution in [0.5, 0.6) is 0 Å². The molecule has 7 heteroatoms. The van der Waals surface area contributed by atoms with E-state index in [-0.39, 0.29) is 12.2 Å². The molecule has 7 nitrogen and oxygen atoms in total. The quantitative estimate of drug-likeness (QED) is 0.211. The van der Waals surface area contributed by atoms with Crippen molar-refractivity contribution in [1.29, 1.82) is 0 Å². The van der Waals surface area contributed by atoms with Gasteiger partial charge in [0.05, 0.1) is 28.8 Å². The number of carbonyl (C=O) groups excluding carboxylic acids is 1. The van der Waals surface area contributed by atoms with E-state index < -0.39 is 5.91 Å². The number of aliphatic hydroxyl groups excluding tert-OH is 1. The molecule has 0 saturated carbocycles. The molecule has 0 aliphatic rings. The maximum atomic E-state index is 12.0. The Kier molecular flexibility index (Phi) is 5.83. The first-order chi connectivity index (χ1) is 13.6. The maximum absolute atomic E-state index is 12.0. The van der Waals surface area contributed by atoms with E-state index >= 15 is 0 Å². The van der Waals surface area contributed by atoms with Crippen LogP contribution in [0.3, 0.4) is 0 Å². The lowest BCUT2D eigenvalue weighted by molar-refractivity contribution is -0.603. The zero-order valence-corrected chi connectivity index (χ0v) is 14.6. The van der Waals surface area contributed by atoms with Crippen LogP contribution < -0.4 is 10.2 Å². The van der Waals surface area contributed by atoms with Crippen molar-refractivity contribution in [2.45, 2.75) is 6.42 Å². The molecule has 28 heavy (non-hydrogen) atoms. The minimum atomic E-state index is -0.733. The lowest BCUT2D eigenvalue weighted by atomic mass is 10.0. The number of rotatable bonds is 3. The van der Waals surface area contributed by atoms with Gasteiger partial charge in [0, 0.05) is 23.6 Å². The molecule has 3 N–H and O–H groups in total. The molecule has 138 valence electrons. The Morgan fingerprint density at radius 1 is 1.21 bits per heavy atom. The number of fused-ring (bicyclic) bond motifs is 1. The molecule has 0 spiro atoms. The average molecular weight is 373 g/mol. The Morgan fingerprint density at radius 3 is 2.71 bits per heavy atom. The van der Waals surface area contributed by atoms with Crippen LogP contribution >= 0.6 is 0 Å². The third-order valence-electron chi connectivity index (χ3n) is 3.85. The van der Waals surface area contributed by atoms with E-state index in [1.54, 1.807) is 29.7 Å². The van der Waals surface area contributed by atoms with Gasteiger partial charge in [-0.2, -0.15) is 4.73 Å². The molecular formula is C21H15N3O4. The zero-order chi connectivity index (χ0) is 19.9. The molecule has 0 aliphatic carbocycles. The summed E-state index contributed by atoms with van der Waals surface area (Å²) in [5.74, 6) is 10.2. The van der Waals surface area contributed by atoms with Crippen LogP contribution in [0.4, 0.5) is 0 Å². The number of aromatic nitrogens is 2. The molecule has 0 unspecified atom stereocenters. The summed E-state index contributed by atoms with van der Waals surface area (Å²) in [6.45, 7) is 0.00719. The molecule has 0 saturated heterocycles. The van der Waals surface area contributed by atoms with Crippen molar-refractivity contribution in [3.8, 4) is 34.9 Å². The summed E-state index contributed by atoms with van der Waals surface area (Å²) in [6, 6.07) is 10.2. The van der Waals surface area contributed by atoms with Crippen LogP contribution in [0.1, 0.15) is 22.3 Å². The van der Waals surface area contributed by atoms with Crippen molar-refractivity contribution in [3.05, 3.63) is 65.1 Å². The second-order valence-corrected chi connectivity index (χ2v) is 5.70. The number of hydroxylamine groups is 1. The average Bonchev–Trinajstić information content (AvgIpc) is 2.72. The number of benzene rings is 1. The first-order valence-electron chi connectivity index (χ1n) is 8.30. The van der Waals surface area contributed by atoms with Crippen molar-refractivity contribution in [2.24, 2.45) is 0 Å². The highest BCUT2D eigenvalue weighted by Crippen LogP contribution is 2.24. The summed E-state index contributed by atoms with van der Waals surface area (Å²) < 4.78 is 0.564. The second kappa shape index (κ2) is 8.65. The highest BCUT2D eigenvalue weighted by molar-refractivity contribution is 6.06. The zero-order valence-electron chi connectivity index (χ0n) is 14.6. The largest absolute Gasteiger partial charge is 0.619 e. The normalized spacial score (nSPS) is 9.79. The number of pyridine rings is 2. The number of amides is 1. The minimum absolute atomic E-state index is 0.00719. The van der Waals surface area contributed by atoms with Gasteiger partial charge in [0.2, 0.25) is 0 Å². The highest BCUT2D eigenvalue weighted by atomic mass is 16.5. The third-order valence-corrected chi connectivity index (χ3v) is 3.85. The predicted octanol–water partition coefficient (Wildman–Crippen LogP) is 1.39. The summed E-state index contributed by atoms with van der Waals surface area (Å²) in [5, 5.41) is 29.5. The van der Waals surface area contributed by atoms with Gasteiger partial charge in [0.25, 0.3) is 5.91 Å². The van der Waals surface area contributed by atoms with E-state index in [1.165, 1.54) is 24.5 Å². The summed E-state index contributed by atoms with van der Waals surface area (Å²) in [5.41, 5.74) is 4.18. The predicted molar refractivity (Wildman–Crippen MR) is 102 cm³/mol. The van der Waals surface area contributed by atoms with Gasteiger partial charge in [-0.25, -0.2) is 10.5 Å². The minimum Gasteiger partial charge on any atom is -0.619 e. The number of hydrogen-bond donors (Lipinski definition) is 3. The molecule has 0 radical (unpaired) electrons. The molecule has 3 aromatic rings. The number of aliphatic hydroxyl groups is 1. The van der Waals surface area contributed by atoms with E-state index in [9.17, 15) is 10.0 Å². The van der Waals surface area contributed by atoms with E-state index in [1.807, 2.05) is 0 Å². The number of nitrogens with one attached hydrogen (secondary N) is 1. The van der Waals surface area contributed by atoms with Gasteiger partial charge in [-0.3, -0.25) is 10.0 Å². The first-order valence-corrected chi connectivity index (χ1v) is 8.30. The Bertz CT molecular complexity index is 1150. The van der Waals surface area contributed by atoms with E-state index in [2.05, 4.69) is 28.7 Å². The molecule has 1 amide bonds. The van der Waals surface area contributed by atoms with Crippen molar-refractivity contribution in [3.63, 3.8) is 0 Å². The van der Waals surface area contributed by atoms with Crippen molar-refractivity contribution in [1.82, 2.24) is 10.5 Å². The molecule has 2 aromatic heterocycles. The molecule has 0 aliphatic heterocycles. The fourth-order valence-electron chi connectivity index (χ4n) is 2.54. The van der Waals surface area contributed by atoms with Gasteiger partial charge < -0.3 is 10.3 Å². The van der Waals surface area contributed by atoms with Crippen LogP contribution in [0.25, 0.3) is 22.2 Å². The van der Waals surface area contributed by atoms with Gasteiger partial charge >= 0.3 is 0 Å². The van der Waals surface area contributed by atoms with Crippen molar-refractivity contribution < 1.29 is 19.8 Å². The number of carbonyl (C=O) groups is 1. The fourth-order valence-corrected chi connectivity index (χ4v) is 2.54. The number of nitrogens with zero attached hydrogens (tertiary/aromatic N) is 2. The molecule has 0 bridgehead atoms. The van der Waals surface area contributed by atoms with Gasteiger partial charge in [0.15, 0.2) is 12.4 Å². The van der Waals surface area contributed by atoms with Crippen LogP contribution in [-0.2, 0) is 0 Å². The van der Waals surface area contributed by atoms with Crippen LogP contribution in [-0.4, -0.2) is 27.8 Å². The van der Waals surface area contributed by atoms with Gasteiger partial charge in [0.1, 0.15) is 0 Å². The molecule has 0 fully saturated rings.